The van der Waals surface area contributed by atoms with Crippen LogP contribution < -0.4 is 0 Å². The summed E-state index contributed by atoms with van der Waals surface area (Å²) in [7, 11) is 0. The van der Waals surface area contributed by atoms with E-state index in [9.17, 15) is 9.50 Å². The van der Waals surface area contributed by atoms with Gasteiger partial charge in [0.15, 0.2) is 0 Å². The third kappa shape index (κ3) is 2.62. The van der Waals surface area contributed by atoms with E-state index in [1.807, 2.05) is 13.0 Å². The molecule has 0 saturated carbocycles. The molecule has 1 aromatic rings. The topological polar surface area (TPSA) is 20.2 Å². The third-order valence-electron chi connectivity index (χ3n) is 1.83. The highest BCUT2D eigenvalue weighted by molar-refractivity contribution is 5.16. The number of aliphatic hydroxyl groups is 1. The predicted octanol–water partition coefficient (Wildman–Crippen LogP) is 2.14. The average molecular weight is 168 g/mol. The summed E-state index contributed by atoms with van der Waals surface area (Å²) < 4.78 is 12.6. The first kappa shape index (κ1) is 9.20. The second-order valence-corrected chi connectivity index (χ2v) is 2.90. The smallest absolute Gasteiger partial charge is 0.123 e. The normalized spacial score (nSPS) is 12.9. The van der Waals surface area contributed by atoms with Crippen molar-refractivity contribution in [1.29, 1.82) is 0 Å². The molecule has 0 aliphatic carbocycles. The first-order valence-electron chi connectivity index (χ1n) is 4.15. The van der Waals surface area contributed by atoms with Crippen molar-refractivity contribution in [1.82, 2.24) is 0 Å². The molecule has 12 heavy (non-hydrogen) atoms. The van der Waals surface area contributed by atoms with E-state index >= 15 is 0 Å². The summed E-state index contributed by atoms with van der Waals surface area (Å²) in [4.78, 5) is 0. The van der Waals surface area contributed by atoms with Crippen LogP contribution in [0.2, 0.25) is 0 Å². The Morgan fingerprint density at radius 3 is 2.83 bits per heavy atom. The highest BCUT2D eigenvalue weighted by atomic mass is 19.1. The fourth-order valence-electron chi connectivity index (χ4n) is 1.08. The lowest BCUT2D eigenvalue weighted by Crippen LogP contribution is -2.08. The lowest BCUT2D eigenvalue weighted by molar-refractivity contribution is 0.170. The van der Waals surface area contributed by atoms with Crippen LogP contribution in [0.5, 0.6) is 0 Å². The molecule has 1 aromatic carbocycles. The fraction of sp³-hybridized carbons (Fsp3) is 0.400. The van der Waals surface area contributed by atoms with Crippen molar-refractivity contribution in [2.24, 2.45) is 0 Å². The standard InChI is InChI=1S/C10H13FO/c1-2-10(12)7-8-4-3-5-9(11)6-8/h3-6,10,12H,2,7H2,1H3. The van der Waals surface area contributed by atoms with Gasteiger partial charge in [-0.2, -0.15) is 0 Å². The molecular formula is C10H13FO. The van der Waals surface area contributed by atoms with Gasteiger partial charge in [-0.15, -0.1) is 0 Å². The molecule has 1 nitrogen and oxygen atoms in total. The summed E-state index contributed by atoms with van der Waals surface area (Å²) in [6.45, 7) is 1.91. The third-order valence-corrected chi connectivity index (χ3v) is 1.83. The zero-order chi connectivity index (χ0) is 8.97. The maximum atomic E-state index is 12.6. The van der Waals surface area contributed by atoms with Crippen LogP contribution in [0.3, 0.4) is 0 Å². The van der Waals surface area contributed by atoms with Crippen molar-refractivity contribution in [3.05, 3.63) is 35.6 Å². The van der Waals surface area contributed by atoms with E-state index in [1.165, 1.54) is 12.1 Å². The van der Waals surface area contributed by atoms with Gasteiger partial charge < -0.3 is 5.11 Å². The monoisotopic (exact) mass is 168 g/mol. The summed E-state index contributed by atoms with van der Waals surface area (Å²) in [5.74, 6) is -0.240. The van der Waals surface area contributed by atoms with Crippen LogP contribution in [0.4, 0.5) is 4.39 Å². The largest absolute Gasteiger partial charge is 0.393 e. The Labute approximate surface area is 71.9 Å². The summed E-state index contributed by atoms with van der Waals surface area (Å²) in [5, 5.41) is 9.28. The van der Waals surface area contributed by atoms with Crippen molar-refractivity contribution < 1.29 is 9.50 Å². The van der Waals surface area contributed by atoms with E-state index in [0.717, 1.165) is 5.56 Å². The highest BCUT2D eigenvalue weighted by Gasteiger charge is 2.02. The van der Waals surface area contributed by atoms with E-state index in [1.54, 1.807) is 6.07 Å². The van der Waals surface area contributed by atoms with Gasteiger partial charge in [0.25, 0.3) is 0 Å². The van der Waals surface area contributed by atoms with E-state index in [2.05, 4.69) is 0 Å². The Morgan fingerprint density at radius 1 is 1.50 bits per heavy atom. The summed E-state index contributed by atoms with van der Waals surface area (Å²) >= 11 is 0. The number of hydrogen-bond donors (Lipinski definition) is 1. The van der Waals surface area contributed by atoms with Gasteiger partial charge in [-0.3, -0.25) is 0 Å². The second-order valence-electron chi connectivity index (χ2n) is 2.90. The van der Waals surface area contributed by atoms with Crippen molar-refractivity contribution in [2.75, 3.05) is 0 Å². The molecule has 1 rings (SSSR count). The molecule has 1 unspecified atom stereocenters. The molecule has 0 aliphatic rings. The first-order chi connectivity index (χ1) is 5.72. The van der Waals surface area contributed by atoms with Crippen LogP contribution in [0.1, 0.15) is 18.9 Å². The molecule has 0 radical (unpaired) electrons. The van der Waals surface area contributed by atoms with Crippen LogP contribution in [0.15, 0.2) is 24.3 Å². The molecule has 1 atom stereocenters. The Balaban J connectivity index is 2.63. The number of benzene rings is 1. The summed E-state index contributed by atoms with van der Waals surface area (Å²) in [6, 6.07) is 6.34. The minimum Gasteiger partial charge on any atom is -0.393 e. The molecule has 0 bridgehead atoms. The van der Waals surface area contributed by atoms with Gasteiger partial charge in [0, 0.05) is 0 Å². The van der Waals surface area contributed by atoms with Crippen molar-refractivity contribution in [3.8, 4) is 0 Å². The first-order valence-corrected chi connectivity index (χ1v) is 4.15. The zero-order valence-corrected chi connectivity index (χ0v) is 7.13. The van der Waals surface area contributed by atoms with Gasteiger partial charge in [-0.1, -0.05) is 19.1 Å². The molecular weight excluding hydrogens is 155 g/mol. The molecule has 0 heterocycles. The summed E-state index contributed by atoms with van der Waals surface area (Å²) in [5.41, 5.74) is 0.851. The minimum absolute atomic E-state index is 0.240. The Kier molecular flexibility index (Phi) is 3.23. The fourth-order valence-corrected chi connectivity index (χ4v) is 1.08. The molecule has 66 valence electrons. The maximum Gasteiger partial charge on any atom is 0.123 e. The van der Waals surface area contributed by atoms with Crippen molar-refractivity contribution in [3.63, 3.8) is 0 Å². The van der Waals surface area contributed by atoms with Crippen molar-refractivity contribution >= 4 is 0 Å². The molecule has 0 spiro atoms. The Bertz CT molecular complexity index is 247. The number of aliphatic hydroxyl groups excluding tert-OH is 1. The van der Waals surface area contributed by atoms with Gasteiger partial charge in [0.05, 0.1) is 6.10 Å². The van der Waals surface area contributed by atoms with Gasteiger partial charge in [0.2, 0.25) is 0 Å². The number of rotatable bonds is 3. The van der Waals surface area contributed by atoms with Gasteiger partial charge in [0.1, 0.15) is 5.82 Å². The number of halogens is 1. The van der Waals surface area contributed by atoms with E-state index < -0.39 is 0 Å². The van der Waals surface area contributed by atoms with Crippen LogP contribution in [0.25, 0.3) is 0 Å². The Morgan fingerprint density at radius 2 is 2.25 bits per heavy atom. The SMILES string of the molecule is CCC(O)Cc1cccc(F)c1. The van der Waals surface area contributed by atoms with Gasteiger partial charge in [-0.05, 0) is 30.5 Å². The summed E-state index contributed by atoms with van der Waals surface area (Å²) in [6.07, 6.45) is 0.886. The Hall–Kier alpha value is -0.890. The van der Waals surface area contributed by atoms with E-state index in [-0.39, 0.29) is 11.9 Å². The molecule has 1 N–H and O–H groups in total. The predicted molar refractivity (Wildman–Crippen MR) is 46.4 cm³/mol. The minimum atomic E-state index is -0.355. The zero-order valence-electron chi connectivity index (χ0n) is 7.13. The molecule has 0 fully saturated rings. The van der Waals surface area contributed by atoms with Crippen LogP contribution in [-0.2, 0) is 6.42 Å². The van der Waals surface area contributed by atoms with Gasteiger partial charge >= 0.3 is 0 Å². The molecule has 0 aliphatic heterocycles. The van der Waals surface area contributed by atoms with Gasteiger partial charge in [-0.25, -0.2) is 4.39 Å². The lowest BCUT2D eigenvalue weighted by atomic mass is 10.1. The molecule has 2 heteroatoms. The average Bonchev–Trinajstić information content (AvgIpc) is 2.04. The van der Waals surface area contributed by atoms with Crippen molar-refractivity contribution in [2.45, 2.75) is 25.9 Å². The maximum absolute atomic E-state index is 12.6. The second kappa shape index (κ2) is 4.21. The lowest BCUT2D eigenvalue weighted by Gasteiger charge is -2.06. The van der Waals surface area contributed by atoms with Crippen LogP contribution in [0, 0.1) is 5.82 Å². The van der Waals surface area contributed by atoms with E-state index in [4.69, 9.17) is 0 Å². The quantitative estimate of drug-likeness (QED) is 0.733. The van der Waals surface area contributed by atoms with E-state index in [0.29, 0.717) is 12.8 Å². The van der Waals surface area contributed by atoms with Crippen LogP contribution >= 0.6 is 0 Å². The molecule has 0 amide bonds. The highest BCUT2D eigenvalue weighted by Crippen LogP contribution is 2.07. The molecule has 0 aromatic heterocycles. The van der Waals surface area contributed by atoms with Crippen LogP contribution in [-0.4, -0.2) is 11.2 Å². The number of hydrogen-bond acceptors (Lipinski definition) is 1. The molecule has 0 saturated heterocycles.